The monoisotopic (exact) mass is 206 g/mol. The van der Waals surface area contributed by atoms with E-state index in [1.807, 2.05) is 13.0 Å². The van der Waals surface area contributed by atoms with Gasteiger partial charge in [-0.1, -0.05) is 19.4 Å². The molecule has 0 atom stereocenters. The quantitative estimate of drug-likeness (QED) is 0.693. The van der Waals surface area contributed by atoms with Crippen LogP contribution in [0.3, 0.4) is 0 Å². The van der Waals surface area contributed by atoms with E-state index in [4.69, 9.17) is 4.42 Å². The van der Waals surface area contributed by atoms with Gasteiger partial charge in [-0.3, -0.25) is 0 Å². The smallest absolute Gasteiger partial charge is 0.336 e. The predicted molar refractivity (Wildman–Crippen MR) is 62.2 cm³/mol. The molecule has 0 saturated carbocycles. The third-order valence-electron chi connectivity index (χ3n) is 2.48. The summed E-state index contributed by atoms with van der Waals surface area (Å²) in [6.45, 7) is 7.80. The van der Waals surface area contributed by atoms with Gasteiger partial charge < -0.3 is 4.42 Å². The Kier molecular flexibility index (Phi) is 4.35. The summed E-state index contributed by atoms with van der Waals surface area (Å²) in [6.07, 6.45) is 5.62. The molecule has 0 aliphatic heterocycles. The molecule has 0 saturated heterocycles. The molecular formula is C13H18O2. The van der Waals surface area contributed by atoms with Crippen molar-refractivity contribution in [2.24, 2.45) is 0 Å². The topological polar surface area (TPSA) is 30.2 Å². The van der Waals surface area contributed by atoms with E-state index in [1.165, 1.54) is 0 Å². The summed E-state index contributed by atoms with van der Waals surface area (Å²) in [5, 5.41) is 0. The van der Waals surface area contributed by atoms with E-state index >= 15 is 0 Å². The van der Waals surface area contributed by atoms with Gasteiger partial charge in [0.25, 0.3) is 0 Å². The number of aryl methyl sites for hydroxylation is 2. The maximum absolute atomic E-state index is 11.2. The molecule has 0 aliphatic rings. The molecule has 1 heterocycles. The first-order chi connectivity index (χ1) is 7.19. The highest BCUT2D eigenvalue weighted by atomic mass is 16.4. The van der Waals surface area contributed by atoms with Crippen molar-refractivity contribution in [1.82, 2.24) is 0 Å². The molecule has 0 fully saturated rings. The number of rotatable bonds is 5. The lowest BCUT2D eigenvalue weighted by Gasteiger charge is -2.08. The van der Waals surface area contributed by atoms with Crippen LogP contribution in [-0.4, -0.2) is 0 Å². The van der Waals surface area contributed by atoms with Crippen LogP contribution < -0.4 is 5.63 Å². The van der Waals surface area contributed by atoms with Crippen LogP contribution in [0.1, 0.15) is 36.7 Å². The molecule has 1 aromatic heterocycles. The van der Waals surface area contributed by atoms with Crippen LogP contribution in [0, 0.1) is 6.92 Å². The van der Waals surface area contributed by atoms with E-state index in [9.17, 15) is 4.79 Å². The maximum atomic E-state index is 11.2. The van der Waals surface area contributed by atoms with Crippen LogP contribution in [0.4, 0.5) is 0 Å². The van der Waals surface area contributed by atoms with Crippen LogP contribution in [0.2, 0.25) is 0 Å². The number of allylic oxidation sites excluding steroid dienone is 1. The van der Waals surface area contributed by atoms with Crippen LogP contribution in [0.15, 0.2) is 27.9 Å². The average molecular weight is 206 g/mol. The van der Waals surface area contributed by atoms with Crippen molar-refractivity contribution in [1.29, 1.82) is 0 Å². The normalized spacial score (nSPS) is 10.3. The lowest BCUT2D eigenvalue weighted by atomic mass is 10.0. The average Bonchev–Trinajstić information content (AvgIpc) is 2.19. The fourth-order valence-electron chi connectivity index (χ4n) is 1.65. The minimum absolute atomic E-state index is 0.244. The van der Waals surface area contributed by atoms with E-state index in [1.54, 1.807) is 6.07 Å². The van der Waals surface area contributed by atoms with Crippen molar-refractivity contribution in [3.05, 3.63) is 46.0 Å². The molecular weight excluding hydrogens is 188 g/mol. The number of hydrogen-bond donors (Lipinski definition) is 0. The van der Waals surface area contributed by atoms with Crippen LogP contribution in [-0.2, 0) is 12.8 Å². The highest BCUT2D eigenvalue weighted by Crippen LogP contribution is 2.15. The van der Waals surface area contributed by atoms with Crippen LogP contribution in [0.25, 0.3) is 0 Å². The summed E-state index contributed by atoms with van der Waals surface area (Å²) >= 11 is 0. The third-order valence-corrected chi connectivity index (χ3v) is 2.48. The first-order valence-corrected chi connectivity index (χ1v) is 5.42. The van der Waals surface area contributed by atoms with Crippen molar-refractivity contribution < 1.29 is 4.42 Å². The summed E-state index contributed by atoms with van der Waals surface area (Å²) in [7, 11) is 0. The second kappa shape index (κ2) is 5.54. The summed E-state index contributed by atoms with van der Waals surface area (Å²) < 4.78 is 5.24. The molecule has 1 rings (SSSR count). The third kappa shape index (κ3) is 3.08. The SMILES string of the molecule is C=CCc1c(C)cc(=O)oc1CCCC. The van der Waals surface area contributed by atoms with Gasteiger partial charge in [-0.15, -0.1) is 6.58 Å². The Balaban J connectivity index is 3.08. The highest BCUT2D eigenvalue weighted by molar-refractivity contribution is 5.28. The summed E-state index contributed by atoms with van der Waals surface area (Å²) in [5.41, 5.74) is 1.89. The zero-order chi connectivity index (χ0) is 11.3. The minimum atomic E-state index is -0.244. The standard InChI is InChI=1S/C13H18O2/c1-4-6-8-12-11(7-5-2)10(3)9-13(14)15-12/h5,9H,2,4,6-8H2,1,3H3. The van der Waals surface area contributed by atoms with E-state index in [-0.39, 0.29) is 5.63 Å². The zero-order valence-electron chi connectivity index (χ0n) is 9.51. The molecule has 0 amide bonds. The maximum Gasteiger partial charge on any atom is 0.336 e. The molecule has 1 aromatic rings. The van der Waals surface area contributed by atoms with E-state index in [2.05, 4.69) is 13.5 Å². The fourth-order valence-corrected chi connectivity index (χ4v) is 1.65. The Hall–Kier alpha value is -1.31. The van der Waals surface area contributed by atoms with Gasteiger partial charge >= 0.3 is 5.63 Å². The van der Waals surface area contributed by atoms with Gasteiger partial charge in [0, 0.05) is 12.5 Å². The van der Waals surface area contributed by atoms with Gasteiger partial charge in [0.05, 0.1) is 0 Å². The van der Waals surface area contributed by atoms with Gasteiger partial charge in [0.2, 0.25) is 0 Å². The van der Waals surface area contributed by atoms with Gasteiger partial charge in [-0.25, -0.2) is 4.79 Å². The predicted octanol–water partition coefficient (Wildman–Crippen LogP) is 3.02. The molecule has 0 spiro atoms. The highest BCUT2D eigenvalue weighted by Gasteiger charge is 2.08. The Bertz CT molecular complexity index is 388. The molecule has 82 valence electrons. The Labute approximate surface area is 90.6 Å². The Morgan fingerprint density at radius 1 is 1.53 bits per heavy atom. The molecule has 2 heteroatoms. The van der Waals surface area contributed by atoms with Crippen LogP contribution >= 0.6 is 0 Å². The van der Waals surface area contributed by atoms with Gasteiger partial charge in [-0.05, 0) is 30.9 Å². The van der Waals surface area contributed by atoms with E-state index in [0.717, 1.165) is 42.6 Å². The van der Waals surface area contributed by atoms with Crippen molar-refractivity contribution in [3.63, 3.8) is 0 Å². The summed E-state index contributed by atoms with van der Waals surface area (Å²) in [4.78, 5) is 11.2. The fraction of sp³-hybridized carbons (Fsp3) is 0.462. The van der Waals surface area contributed by atoms with Crippen molar-refractivity contribution in [3.8, 4) is 0 Å². The second-order valence-electron chi connectivity index (χ2n) is 3.75. The zero-order valence-corrected chi connectivity index (χ0v) is 9.51. The second-order valence-corrected chi connectivity index (χ2v) is 3.75. The molecule has 2 nitrogen and oxygen atoms in total. The first-order valence-electron chi connectivity index (χ1n) is 5.42. The van der Waals surface area contributed by atoms with Crippen LogP contribution in [0.5, 0.6) is 0 Å². The van der Waals surface area contributed by atoms with Gasteiger partial charge in [0.1, 0.15) is 5.76 Å². The van der Waals surface area contributed by atoms with E-state index < -0.39 is 0 Å². The lowest BCUT2D eigenvalue weighted by Crippen LogP contribution is -2.06. The molecule has 0 bridgehead atoms. The first kappa shape index (κ1) is 11.8. The van der Waals surface area contributed by atoms with E-state index in [0.29, 0.717) is 0 Å². The van der Waals surface area contributed by atoms with Crippen molar-refractivity contribution in [2.45, 2.75) is 39.5 Å². The molecule has 0 radical (unpaired) electrons. The van der Waals surface area contributed by atoms with Gasteiger partial charge in [0.15, 0.2) is 0 Å². The number of unbranched alkanes of at least 4 members (excludes halogenated alkanes) is 1. The number of hydrogen-bond acceptors (Lipinski definition) is 2. The molecule has 0 aliphatic carbocycles. The molecule has 15 heavy (non-hydrogen) atoms. The molecule has 0 unspecified atom stereocenters. The van der Waals surface area contributed by atoms with Gasteiger partial charge in [-0.2, -0.15) is 0 Å². The Morgan fingerprint density at radius 2 is 2.27 bits per heavy atom. The van der Waals surface area contributed by atoms with Crippen molar-refractivity contribution in [2.75, 3.05) is 0 Å². The van der Waals surface area contributed by atoms with Crippen molar-refractivity contribution >= 4 is 0 Å². The lowest BCUT2D eigenvalue weighted by molar-refractivity contribution is 0.445. The Morgan fingerprint density at radius 3 is 2.87 bits per heavy atom. The summed E-state index contributed by atoms with van der Waals surface area (Å²) in [5.74, 6) is 0.835. The molecule has 0 aromatic carbocycles. The summed E-state index contributed by atoms with van der Waals surface area (Å²) in [6, 6.07) is 1.55. The minimum Gasteiger partial charge on any atom is -0.428 e. The largest absolute Gasteiger partial charge is 0.428 e. The molecule has 0 N–H and O–H groups in total.